The molecule has 1 aromatic heterocycles. The summed E-state index contributed by atoms with van der Waals surface area (Å²) in [6, 6.07) is 0. The van der Waals surface area contributed by atoms with Gasteiger partial charge in [-0.05, 0) is 37.0 Å². The topological polar surface area (TPSA) is 45.6 Å². The molecule has 1 unspecified atom stereocenters. The first-order valence-electron chi connectivity index (χ1n) is 7.91. The van der Waals surface area contributed by atoms with E-state index in [4.69, 9.17) is 9.72 Å². The van der Waals surface area contributed by atoms with E-state index < -0.39 is 0 Å². The predicted octanol–water partition coefficient (Wildman–Crippen LogP) is 3.01. The van der Waals surface area contributed by atoms with Crippen molar-refractivity contribution in [3.05, 3.63) is 10.6 Å². The molecule has 0 spiro atoms. The number of thiazole rings is 1. The summed E-state index contributed by atoms with van der Waals surface area (Å²) in [6.07, 6.45) is 3.76. The normalized spacial score (nSPS) is 25.6. The second kappa shape index (κ2) is 5.86. The van der Waals surface area contributed by atoms with Crippen LogP contribution in [0.2, 0.25) is 0 Å². The van der Waals surface area contributed by atoms with E-state index in [1.54, 1.807) is 11.3 Å². The van der Waals surface area contributed by atoms with Gasteiger partial charge in [0.1, 0.15) is 0 Å². The monoisotopic (exact) mass is 310 g/mol. The zero-order valence-electron chi connectivity index (χ0n) is 13.3. The Labute approximate surface area is 131 Å². The number of hydrogen-bond donors (Lipinski definition) is 1. The Kier molecular flexibility index (Phi) is 4.26. The maximum absolute atomic E-state index is 10.3. The number of rotatable bonds is 3. The summed E-state index contributed by atoms with van der Waals surface area (Å²) in [6.45, 7) is 7.24. The number of nitrogens with zero attached hydrogens (tertiary/aromatic N) is 2. The van der Waals surface area contributed by atoms with E-state index in [0.29, 0.717) is 5.92 Å². The van der Waals surface area contributed by atoms with Gasteiger partial charge >= 0.3 is 0 Å². The smallest absolute Gasteiger partial charge is 0.185 e. The van der Waals surface area contributed by atoms with Crippen molar-refractivity contribution in [2.45, 2.75) is 45.6 Å². The van der Waals surface area contributed by atoms with Gasteiger partial charge in [0.15, 0.2) is 5.13 Å². The highest BCUT2D eigenvalue weighted by atomic mass is 32.1. The van der Waals surface area contributed by atoms with Gasteiger partial charge in [0.25, 0.3) is 0 Å². The average Bonchev–Trinajstić information content (AvgIpc) is 2.82. The van der Waals surface area contributed by atoms with Gasteiger partial charge < -0.3 is 14.7 Å². The highest BCUT2D eigenvalue weighted by Crippen LogP contribution is 2.44. The minimum atomic E-state index is -0.341. The molecule has 0 amide bonds. The Morgan fingerprint density at radius 1 is 1.38 bits per heavy atom. The number of aliphatic hydroxyl groups excluding tert-OH is 1. The van der Waals surface area contributed by atoms with E-state index in [1.165, 1.54) is 0 Å². The third kappa shape index (κ3) is 3.41. The molecule has 0 aromatic carbocycles. The third-order valence-electron chi connectivity index (χ3n) is 4.61. The quantitative estimate of drug-likeness (QED) is 0.932. The van der Waals surface area contributed by atoms with Crippen LogP contribution in [0.25, 0.3) is 0 Å². The summed E-state index contributed by atoms with van der Waals surface area (Å²) in [5.41, 5.74) is 1.26. The van der Waals surface area contributed by atoms with E-state index in [1.807, 2.05) is 0 Å². The largest absolute Gasteiger partial charge is 0.387 e. The van der Waals surface area contributed by atoms with E-state index in [-0.39, 0.29) is 11.5 Å². The molecule has 4 nitrogen and oxygen atoms in total. The van der Waals surface area contributed by atoms with Crippen molar-refractivity contribution in [1.82, 2.24) is 4.98 Å². The second-order valence-corrected chi connectivity index (χ2v) is 8.31. The van der Waals surface area contributed by atoms with Crippen molar-refractivity contribution in [2.75, 3.05) is 31.7 Å². The molecule has 21 heavy (non-hydrogen) atoms. The van der Waals surface area contributed by atoms with Crippen molar-refractivity contribution in [1.29, 1.82) is 0 Å². The van der Waals surface area contributed by atoms with Crippen molar-refractivity contribution in [3.8, 4) is 0 Å². The highest BCUT2D eigenvalue weighted by Gasteiger charge is 2.34. The molecule has 1 N–H and O–H groups in total. The molecule has 3 rings (SSSR count). The number of aromatic nitrogens is 1. The fourth-order valence-electron chi connectivity index (χ4n) is 3.44. The lowest BCUT2D eigenvalue weighted by molar-refractivity contribution is 0.0685. The van der Waals surface area contributed by atoms with Gasteiger partial charge in [-0.3, -0.25) is 0 Å². The van der Waals surface area contributed by atoms with Crippen LogP contribution in [0.3, 0.4) is 0 Å². The van der Waals surface area contributed by atoms with Crippen LogP contribution in [0.1, 0.15) is 49.8 Å². The first-order chi connectivity index (χ1) is 9.94. The van der Waals surface area contributed by atoms with E-state index >= 15 is 0 Å². The summed E-state index contributed by atoms with van der Waals surface area (Å²) in [5.74, 6) is 0.700. The highest BCUT2D eigenvalue weighted by molar-refractivity contribution is 7.15. The zero-order valence-corrected chi connectivity index (χ0v) is 14.1. The Morgan fingerprint density at radius 2 is 2.10 bits per heavy atom. The molecule has 1 saturated heterocycles. The maximum atomic E-state index is 10.3. The third-order valence-corrected chi connectivity index (χ3v) is 5.92. The lowest BCUT2D eigenvalue weighted by Gasteiger charge is -2.31. The lowest BCUT2D eigenvalue weighted by Crippen LogP contribution is -2.29. The lowest BCUT2D eigenvalue weighted by atomic mass is 9.77. The molecule has 1 aliphatic heterocycles. The number of anilines is 1. The molecule has 2 aliphatic rings. The van der Waals surface area contributed by atoms with Gasteiger partial charge in [-0.25, -0.2) is 4.98 Å². The molecular formula is C16H26N2O2S. The van der Waals surface area contributed by atoms with Gasteiger partial charge in [0.2, 0.25) is 0 Å². The van der Waals surface area contributed by atoms with E-state index in [0.717, 1.165) is 61.1 Å². The Balaban J connectivity index is 1.71. The van der Waals surface area contributed by atoms with Crippen molar-refractivity contribution < 1.29 is 9.84 Å². The molecule has 5 heteroatoms. The predicted molar refractivity (Wildman–Crippen MR) is 86.0 cm³/mol. The molecule has 1 aromatic rings. The fraction of sp³-hybridized carbons (Fsp3) is 0.812. The second-order valence-electron chi connectivity index (χ2n) is 7.30. The van der Waals surface area contributed by atoms with Gasteiger partial charge in [-0.15, -0.1) is 0 Å². The molecule has 118 valence electrons. The number of ether oxygens (including phenoxy) is 1. The summed E-state index contributed by atoms with van der Waals surface area (Å²) in [4.78, 5) is 8.16. The van der Waals surface area contributed by atoms with Crippen LogP contribution in [-0.2, 0) is 11.2 Å². The maximum Gasteiger partial charge on any atom is 0.185 e. The van der Waals surface area contributed by atoms with Gasteiger partial charge in [0.05, 0.1) is 16.7 Å². The van der Waals surface area contributed by atoms with Crippen LogP contribution in [-0.4, -0.2) is 36.9 Å². The minimum Gasteiger partial charge on any atom is -0.387 e. The summed E-state index contributed by atoms with van der Waals surface area (Å²) in [5, 5.41) is 11.4. The standard InChI is InChI=1S/C16H26N2O2S/c1-16(2)8-12-14(13(19)9-16)21-15(17-12)18(3)10-11-4-6-20-7-5-11/h11,13,19H,4-10H2,1-3H3. The van der Waals surface area contributed by atoms with Crippen LogP contribution in [0.4, 0.5) is 5.13 Å². The Morgan fingerprint density at radius 3 is 2.81 bits per heavy atom. The molecule has 0 saturated carbocycles. The minimum absolute atomic E-state index is 0.150. The summed E-state index contributed by atoms with van der Waals surface area (Å²) < 4.78 is 5.43. The number of fused-ring (bicyclic) bond motifs is 1. The molecule has 0 radical (unpaired) electrons. The van der Waals surface area contributed by atoms with Crippen molar-refractivity contribution in [2.24, 2.45) is 11.3 Å². The molecule has 2 heterocycles. The van der Waals surface area contributed by atoms with E-state index in [2.05, 4.69) is 25.8 Å². The number of aliphatic hydroxyl groups is 1. The zero-order chi connectivity index (χ0) is 15.0. The van der Waals surface area contributed by atoms with Crippen molar-refractivity contribution in [3.63, 3.8) is 0 Å². The molecule has 0 bridgehead atoms. The van der Waals surface area contributed by atoms with Gasteiger partial charge in [0, 0.05) is 26.8 Å². The average molecular weight is 310 g/mol. The van der Waals surface area contributed by atoms with Gasteiger partial charge in [-0.1, -0.05) is 25.2 Å². The van der Waals surface area contributed by atoms with Crippen molar-refractivity contribution >= 4 is 16.5 Å². The fourth-order valence-corrected chi connectivity index (χ4v) is 4.47. The van der Waals surface area contributed by atoms with Crippen LogP contribution in [0.5, 0.6) is 0 Å². The number of hydrogen-bond acceptors (Lipinski definition) is 5. The Bertz CT molecular complexity index is 494. The Hall–Kier alpha value is -0.650. The molecular weight excluding hydrogens is 284 g/mol. The summed E-state index contributed by atoms with van der Waals surface area (Å²) >= 11 is 1.67. The first kappa shape index (κ1) is 15.3. The molecule has 1 atom stereocenters. The first-order valence-corrected chi connectivity index (χ1v) is 8.73. The van der Waals surface area contributed by atoms with Crippen LogP contribution in [0, 0.1) is 11.3 Å². The van der Waals surface area contributed by atoms with Crippen LogP contribution in [0.15, 0.2) is 0 Å². The summed E-state index contributed by atoms with van der Waals surface area (Å²) in [7, 11) is 2.12. The SMILES string of the molecule is CN(CC1CCOCC1)c1nc2c(s1)C(O)CC(C)(C)C2. The molecule has 1 aliphatic carbocycles. The van der Waals surface area contributed by atoms with E-state index in [9.17, 15) is 5.11 Å². The molecule has 1 fully saturated rings. The van der Waals surface area contributed by atoms with Crippen LogP contribution < -0.4 is 4.90 Å². The van der Waals surface area contributed by atoms with Crippen LogP contribution >= 0.6 is 11.3 Å². The van der Waals surface area contributed by atoms with Gasteiger partial charge in [-0.2, -0.15) is 0 Å².